The van der Waals surface area contributed by atoms with E-state index in [1.807, 2.05) is 19.1 Å². The summed E-state index contributed by atoms with van der Waals surface area (Å²) in [6, 6.07) is 8.67. The van der Waals surface area contributed by atoms with Crippen molar-refractivity contribution in [3.05, 3.63) is 72.4 Å². The summed E-state index contributed by atoms with van der Waals surface area (Å²) >= 11 is 0. The number of benzene rings is 1. The molecule has 0 amide bonds. The van der Waals surface area contributed by atoms with Gasteiger partial charge < -0.3 is 9.73 Å². The second kappa shape index (κ2) is 6.41. The van der Waals surface area contributed by atoms with Crippen LogP contribution in [0.1, 0.15) is 11.3 Å². The van der Waals surface area contributed by atoms with Crippen molar-refractivity contribution in [2.45, 2.75) is 13.5 Å². The van der Waals surface area contributed by atoms with Crippen LogP contribution in [0.4, 0.5) is 10.3 Å². The minimum absolute atomic E-state index is 0.258. The van der Waals surface area contributed by atoms with Crippen molar-refractivity contribution in [3.63, 3.8) is 0 Å². The Morgan fingerprint density at radius 3 is 3.00 bits per heavy atom. The number of halogens is 1. The predicted molar refractivity (Wildman–Crippen MR) is 101 cm³/mol. The molecule has 4 heterocycles. The van der Waals surface area contributed by atoms with Gasteiger partial charge in [-0.15, -0.1) is 4.98 Å². The van der Waals surface area contributed by atoms with Crippen LogP contribution in [-0.4, -0.2) is 20.2 Å². The van der Waals surface area contributed by atoms with Crippen molar-refractivity contribution in [3.8, 4) is 11.1 Å². The molecule has 0 unspecified atom stereocenters. The molecule has 5 aromatic rings. The number of nitrogens with zero attached hydrogens (tertiary/aromatic N) is 4. The minimum atomic E-state index is -0.294. The molecule has 5 rings (SSSR count). The van der Waals surface area contributed by atoms with Gasteiger partial charge in [-0.2, -0.15) is 9.50 Å². The van der Waals surface area contributed by atoms with Gasteiger partial charge in [0.05, 0.1) is 24.6 Å². The zero-order valence-corrected chi connectivity index (χ0v) is 15.0. The van der Waals surface area contributed by atoms with E-state index in [1.165, 1.54) is 6.07 Å². The standard InChI is InChI=1S/C20H15FN6O/c1-12-13(3-2-7-22-12)16-10-24-20(27-11-25-26-19(16)27)23-9-15-14-6-8-28-18(14)5-4-17(15)21/h2-8,10-11H,9H2,1H3,(H,23,24,26)/p+1. The number of anilines is 1. The van der Waals surface area contributed by atoms with Gasteiger partial charge in [0.2, 0.25) is 12.0 Å². The second-order valence-corrected chi connectivity index (χ2v) is 6.42. The Kier molecular flexibility index (Phi) is 3.75. The Hall–Kier alpha value is -3.81. The Bertz CT molecular complexity index is 1310. The van der Waals surface area contributed by atoms with E-state index in [2.05, 4.69) is 25.5 Å². The lowest BCUT2D eigenvalue weighted by Crippen LogP contribution is -2.27. The maximum absolute atomic E-state index is 14.3. The van der Waals surface area contributed by atoms with Crippen molar-refractivity contribution in [1.82, 2.24) is 20.2 Å². The van der Waals surface area contributed by atoms with Gasteiger partial charge in [0.25, 0.3) is 0 Å². The fourth-order valence-electron chi connectivity index (χ4n) is 3.38. The lowest BCUT2D eigenvalue weighted by Gasteiger charge is -2.08. The van der Waals surface area contributed by atoms with Gasteiger partial charge in [-0.05, 0) is 36.3 Å². The molecule has 0 atom stereocenters. The van der Waals surface area contributed by atoms with Crippen LogP contribution in [0.25, 0.3) is 27.7 Å². The molecular formula is C20H16FN6O+. The van der Waals surface area contributed by atoms with Crippen LogP contribution < -0.4 is 9.72 Å². The first-order valence-corrected chi connectivity index (χ1v) is 8.76. The molecule has 0 radical (unpaired) electrons. The maximum atomic E-state index is 14.3. The quantitative estimate of drug-likeness (QED) is 0.470. The molecule has 1 aromatic carbocycles. The van der Waals surface area contributed by atoms with Gasteiger partial charge in [-0.25, -0.2) is 4.39 Å². The molecule has 2 N–H and O–H groups in total. The van der Waals surface area contributed by atoms with E-state index in [9.17, 15) is 4.39 Å². The maximum Gasteiger partial charge on any atom is 0.325 e. The molecule has 138 valence electrons. The van der Waals surface area contributed by atoms with Gasteiger partial charge in [-0.1, -0.05) is 6.07 Å². The minimum Gasteiger partial charge on any atom is -0.464 e. The first-order chi connectivity index (χ1) is 13.7. The number of aromatic amines is 1. The highest BCUT2D eigenvalue weighted by Gasteiger charge is 2.18. The number of pyridine rings is 1. The van der Waals surface area contributed by atoms with Crippen LogP contribution in [0, 0.1) is 12.7 Å². The highest BCUT2D eigenvalue weighted by molar-refractivity contribution is 5.81. The molecule has 7 nitrogen and oxygen atoms in total. The van der Waals surface area contributed by atoms with Gasteiger partial charge in [0, 0.05) is 28.4 Å². The Labute approximate surface area is 158 Å². The number of fused-ring (bicyclic) bond motifs is 2. The molecule has 28 heavy (non-hydrogen) atoms. The number of rotatable bonds is 4. The van der Waals surface area contributed by atoms with Gasteiger partial charge in [-0.3, -0.25) is 4.98 Å². The van der Waals surface area contributed by atoms with E-state index in [1.54, 1.807) is 41.5 Å². The van der Waals surface area contributed by atoms with Crippen LogP contribution in [-0.2, 0) is 6.54 Å². The molecule has 0 aliphatic rings. The summed E-state index contributed by atoms with van der Waals surface area (Å²) in [7, 11) is 0. The van der Waals surface area contributed by atoms with Crippen LogP contribution in [0.5, 0.6) is 0 Å². The fraction of sp³-hybridized carbons (Fsp3) is 0.100. The van der Waals surface area contributed by atoms with Crippen LogP contribution in [0.3, 0.4) is 0 Å². The summed E-state index contributed by atoms with van der Waals surface area (Å²) in [4.78, 5) is 8.87. The van der Waals surface area contributed by atoms with Crippen molar-refractivity contribution in [2.24, 2.45) is 0 Å². The summed E-state index contributed by atoms with van der Waals surface area (Å²) in [5, 5.41) is 11.1. The molecule has 0 saturated heterocycles. The largest absolute Gasteiger partial charge is 0.464 e. The summed E-state index contributed by atoms with van der Waals surface area (Å²) < 4.78 is 21.5. The molecule has 4 aromatic heterocycles. The van der Waals surface area contributed by atoms with E-state index in [0.717, 1.165) is 27.9 Å². The highest BCUT2D eigenvalue weighted by Crippen LogP contribution is 2.25. The van der Waals surface area contributed by atoms with Gasteiger partial charge in [0.15, 0.2) is 0 Å². The van der Waals surface area contributed by atoms with Crippen molar-refractivity contribution < 1.29 is 13.2 Å². The van der Waals surface area contributed by atoms with Gasteiger partial charge >= 0.3 is 5.95 Å². The summed E-state index contributed by atoms with van der Waals surface area (Å²) in [6.45, 7) is 2.21. The molecule has 0 aliphatic carbocycles. The number of aromatic nitrogens is 5. The van der Waals surface area contributed by atoms with E-state index in [-0.39, 0.29) is 12.4 Å². The Balaban J connectivity index is 1.53. The molecule has 0 bridgehead atoms. The van der Waals surface area contributed by atoms with E-state index in [4.69, 9.17) is 4.42 Å². The van der Waals surface area contributed by atoms with Crippen molar-refractivity contribution in [1.29, 1.82) is 0 Å². The van der Waals surface area contributed by atoms with Crippen LogP contribution >= 0.6 is 0 Å². The molecule has 8 heteroatoms. The number of hydrogen-bond donors (Lipinski definition) is 2. The van der Waals surface area contributed by atoms with Crippen LogP contribution in [0.15, 0.2) is 59.7 Å². The number of nitrogens with one attached hydrogen (secondary N) is 2. The predicted octanol–water partition coefficient (Wildman–Crippen LogP) is 3.41. The first-order valence-electron chi connectivity index (χ1n) is 8.76. The average molecular weight is 375 g/mol. The Morgan fingerprint density at radius 1 is 1.18 bits per heavy atom. The van der Waals surface area contributed by atoms with Crippen LogP contribution in [0.2, 0.25) is 0 Å². The van der Waals surface area contributed by atoms with E-state index >= 15 is 0 Å². The molecule has 0 saturated carbocycles. The summed E-state index contributed by atoms with van der Waals surface area (Å²) in [5.41, 5.74) is 4.70. The third kappa shape index (κ3) is 2.58. The average Bonchev–Trinajstić information content (AvgIpc) is 3.37. The van der Waals surface area contributed by atoms with Crippen molar-refractivity contribution >= 4 is 22.6 Å². The molecule has 0 fully saturated rings. The fourth-order valence-corrected chi connectivity index (χ4v) is 3.38. The third-order valence-electron chi connectivity index (χ3n) is 4.79. The lowest BCUT2D eigenvalue weighted by molar-refractivity contribution is -0.499. The number of hydrogen-bond acceptors (Lipinski definition) is 5. The number of aryl methyl sites for hydroxylation is 1. The molecule has 0 spiro atoms. The monoisotopic (exact) mass is 375 g/mol. The van der Waals surface area contributed by atoms with Gasteiger partial charge in [0.1, 0.15) is 11.4 Å². The van der Waals surface area contributed by atoms with E-state index in [0.29, 0.717) is 17.1 Å². The highest BCUT2D eigenvalue weighted by atomic mass is 19.1. The zero-order valence-electron chi connectivity index (χ0n) is 15.0. The number of furan rings is 1. The zero-order chi connectivity index (χ0) is 19.1. The molecule has 0 aliphatic heterocycles. The third-order valence-corrected chi connectivity index (χ3v) is 4.79. The summed E-state index contributed by atoms with van der Waals surface area (Å²) in [6.07, 6.45) is 6.70. The number of H-pyrrole nitrogens is 1. The SMILES string of the molecule is Cc1ncccc1-c1cnc(NCc2c(F)ccc3occc23)[n+]2cn[nH]c12. The second-order valence-electron chi connectivity index (χ2n) is 6.42. The lowest BCUT2D eigenvalue weighted by atomic mass is 10.1. The van der Waals surface area contributed by atoms with E-state index < -0.39 is 0 Å². The molecular weight excluding hydrogens is 359 g/mol. The Morgan fingerprint density at radius 2 is 2.11 bits per heavy atom. The topological polar surface area (TPSA) is 83.7 Å². The first kappa shape index (κ1) is 16.4. The smallest absolute Gasteiger partial charge is 0.325 e. The normalized spacial score (nSPS) is 11.4. The van der Waals surface area contributed by atoms with Crippen molar-refractivity contribution in [2.75, 3.05) is 5.32 Å². The summed E-state index contributed by atoms with van der Waals surface area (Å²) in [5.74, 6) is 0.256.